The van der Waals surface area contributed by atoms with Crippen molar-refractivity contribution in [2.24, 2.45) is 0 Å². The third kappa shape index (κ3) is 5.16. The van der Waals surface area contributed by atoms with Crippen LogP contribution in [-0.4, -0.2) is 36.3 Å². The lowest BCUT2D eigenvalue weighted by Crippen LogP contribution is -2.35. The van der Waals surface area contributed by atoms with Crippen LogP contribution in [0.2, 0.25) is 10.2 Å². The van der Waals surface area contributed by atoms with Gasteiger partial charge in [0.15, 0.2) is 5.82 Å². The summed E-state index contributed by atoms with van der Waals surface area (Å²) < 4.78 is 7.78. The molecule has 2 aliphatic rings. The molecule has 1 aliphatic heterocycles. The summed E-state index contributed by atoms with van der Waals surface area (Å²) in [4.78, 5) is 19.2. The van der Waals surface area contributed by atoms with E-state index in [0.717, 1.165) is 54.3 Å². The van der Waals surface area contributed by atoms with E-state index in [1.54, 1.807) is 4.90 Å². The molecule has 1 aromatic carbocycles. The predicted octanol–water partition coefficient (Wildman–Crippen LogP) is 6.66. The monoisotopic (exact) mass is 513 g/mol. The van der Waals surface area contributed by atoms with Crippen molar-refractivity contribution in [2.45, 2.75) is 77.0 Å². The number of halogens is 2. The molecule has 9 heteroatoms. The molecule has 3 heterocycles. The minimum Gasteiger partial charge on any atom is -0.444 e. The average molecular weight is 514 g/mol. The quantitative estimate of drug-likeness (QED) is 0.358. The lowest BCUT2D eigenvalue weighted by atomic mass is 9.80. The summed E-state index contributed by atoms with van der Waals surface area (Å²) in [5.41, 5.74) is 2.38. The Bertz CT molecular complexity index is 1240. The fourth-order valence-corrected chi connectivity index (χ4v) is 5.41. The molecular formula is C26H29Cl2N5O2. The van der Waals surface area contributed by atoms with Crippen molar-refractivity contribution in [3.05, 3.63) is 69.5 Å². The SMILES string of the molecule is CC(C)(C)OC(=O)N1Cc2cc(Cl)ccc2-n2c(nnc2C2CCC(c3cccc(Cl)n3)CC2)C1. The summed E-state index contributed by atoms with van der Waals surface area (Å²) >= 11 is 12.5. The molecule has 184 valence electrons. The van der Waals surface area contributed by atoms with Gasteiger partial charge in [-0.3, -0.25) is 9.47 Å². The Morgan fingerprint density at radius 2 is 1.74 bits per heavy atom. The molecule has 1 aliphatic carbocycles. The smallest absolute Gasteiger partial charge is 0.411 e. The minimum atomic E-state index is -0.587. The van der Waals surface area contributed by atoms with Gasteiger partial charge in [0.05, 0.1) is 18.8 Å². The van der Waals surface area contributed by atoms with E-state index in [1.165, 1.54) is 0 Å². The van der Waals surface area contributed by atoms with E-state index in [9.17, 15) is 4.79 Å². The fraction of sp³-hybridized carbons (Fsp3) is 0.462. The normalized spacial score (nSPS) is 20.1. The van der Waals surface area contributed by atoms with Crippen LogP contribution in [0, 0.1) is 0 Å². The zero-order valence-electron chi connectivity index (χ0n) is 20.2. The number of rotatable bonds is 2. The molecule has 0 atom stereocenters. The maximum atomic E-state index is 13.0. The van der Waals surface area contributed by atoms with Gasteiger partial charge in [0, 0.05) is 22.6 Å². The summed E-state index contributed by atoms with van der Waals surface area (Å²) in [6.07, 6.45) is 3.61. The Morgan fingerprint density at radius 1 is 1.00 bits per heavy atom. The first-order valence-electron chi connectivity index (χ1n) is 12.0. The van der Waals surface area contributed by atoms with Crippen molar-refractivity contribution in [3.8, 4) is 5.69 Å². The lowest BCUT2D eigenvalue weighted by molar-refractivity contribution is 0.0214. The molecule has 0 bridgehead atoms. The number of amides is 1. The van der Waals surface area contributed by atoms with Crippen LogP contribution in [0.25, 0.3) is 5.69 Å². The van der Waals surface area contributed by atoms with E-state index >= 15 is 0 Å². The first-order valence-corrected chi connectivity index (χ1v) is 12.8. The summed E-state index contributed by atoms with van der Waals surface area (Å²) in [7, 11) is 0. The van der Waals surface area contributed by atoms with Gasteiger partial charge < -0.3 is 4.74 Å². The number of carbonyl (C=O) groups excluding carboxylic acids is 1. The Labute approximate surface area is 215 Å². The molecule has 35 heavy (non-hydrogen) atoms. The number of fused-ring (bicyclic) bond motifs is 3. The Kier molecular flexibility index (Phi) is 6.49. The van der Waals surface area contributed by atoms with Gasteiger partial charge in [-0.05, 0) is 82.3 Å². The molecule has 1 amide bonds. The largest absolute Gasteiger partial charge is 0.444 e. The maximum absolute atomic E-state index is 13.0. The highest BCUT2D eigenvalue weighted by Crippen LogP contribution is 2.41. The van der Waals surface area contributed by atoms with Crippen LogP contribution >= 0.6 is 23.2 Å². The molecule has 0 saturated heterocycles. The zero-order chi connectivity index (χ0) is 24.7. The van der Waals surface area contributed by atoms with E-state index in [-0.39, 0.29) is 12.0 Å². The van der Waals surface area contributed by atoms with Crippen molar-refractivity contribution in [1.82, 2.24) is 24.6 Å². The Hall–Kier alpha value is -2.64. The van der Waals surface area contributed by atoms with E-state index in [2.05, 4.69) is 25.8 Å². The average Bonchev–Trinajstić information content (AvgIpc) is 3.13. The Morgan fingerprint density at radius 3 is 2.46 bits per heavy atom. The van der Waals surface area contributed by atoms with E-state index in [0.29, 0.717) is 29.2 Å². The highest BCUT2D eigenvalue weighted by atomic mass is 35.5. The second-order valence-electron chi connectivity index (χ2n) is 10.4. The number of ether oxygens (including phenoxy) is 1. The molecule has 0 N–H and O–H groups in total. The zero-order valence-corrected chi connectivity index (χ0v) is 21.7. The number of nitrogens with zero attached hydrogens (tertiary/aromatic N) is 5. The van der Waals surface area contributed by atoms with Gasteiger partial charge in [-0.15, -0.1) is 10.2 Å². The van der Waals surface area contributed by atoms with Crippen LogP contribution in [0.1, 0.15) is 81.2 Å². The van der Waals surface area contributed by atoms with Crippen molar-refractivity contribution in [2.75, 3.05) is 0 Å². The molecule has 0 unspecified atom stereocenters. The van der Waals surface area contributed by atoms with Crippen molar-refractivity contribution >= 4 is 29.3 Å². The molecule has 1 fully saturated rings. The van der Waals surface area contributed by atoms with E-state index in [1.807, 2.05) is 51.1 Å². The van der Waals surface area contributed by atoms with Crippen LogP contribution in [-0.2, 0) is 17.8 Å². The molecule has 1 saturated carbocycles. The van der Waals surface area contributed by atoms with Crippen LogP contribution in [0.4, 0.5) is 4.79 Å². The van der Waals surface area contributed by atoms with Gasteiger partial charge in [0.1, 0.15) is 16.6 Å². The summed E-state index contributed by atoms with van der Waals surface area (Å²) in [5.74, 6) is 2.33. The number of hydrogen-bond donors (Lipinski definition) is 0. The van der Waals surface area contributed by atoms with Gasteiger partial charge in [-0.2, -0.15) is 0 Å². The molecule has 2 aromatic heterocycles. The number of carbonyl (C=O) groups is 1. The molecular weight excluding hydrogens is 485 g/mol. The standard InChI is InChI=1S/C26H29Cl2N5O2/c1-26(2,3)35-25(34)32-14-18-13-19(27)11-12-21(18)33-23(15-32)30-31-24(33)17-9-7-16(8-10-17)20-5-4-6-22(28)29-20/h4-6,11-13,16-17H,7-10,14-15H2,1-3H3. The third-order valence-electron chi connectivity index (χ3n) is 6.63. The molecule has 5 rings (SSSR count). The van der Waals surface area contributed by atoms with Crippen molar-refractivity contribution < 1.29 is 9.53 Å². The van der Waals surface area contributed by atoms with Crippen LogP contribution < -0.4 is 0 Å². The van der Waals surface area contributed by atoms with Gasteiger partial charge in [-0.1, -0.05) is 29.3 Å². The second kappa shape index (κ2) is 9.43. The lowest BCUT2D eigenvalue weighted by Gasteiger charge is -2.28. The van der Waals surface area contributed by atoms with Crippen LogP contribution in [0.15, 0.2) is 36.4 Å². The maximum Gasteiger partial charge on any atom is 0.411 e. The van der Waals surface area contributed by atoms with Gasteiger partial charge >= 0.3 is 6.09 Å². The second-order valence-corrected chi connectivity index (χ2v) is 11.2. The Balaban J connectivity index is 1.44. The van der Waals surface area contributed by atoms with Crippen molar-refractivity contribution in [3.63, 3.8) is 0 Å². The first kappa shape index (κ1) is 24.1. The van der Waals surface area contributed by atoms with E-state index in [4.69, 9.17) is 27.9 Å². The highest BCUT2D eigenvalue weighted by molar-refractivity contribution is 6.30. The highest BCUT2D eigenvalue weighted by Gasteiger charge is 2.33. The molecule has 0 radical (unpaired) electrons. The number of hydrogen-bond acceptors (Lipinski definition) is 5. The van der Waals surface area contributed by atoms with Gasteiger partial charge in [0.25, 0.3) is 0 Å². The van der Waals surface area contributed by atoms with Crippen LogP contribution in [0.5, 0.6) is 0 Å². The van der Waals surface area contributed by atoms with Crippen LogP contribution in [0.3, 0.4) is 0 Å². The number of pyridine rings is 1. The molecule has 3 aromatic rings. The summed E-state index contributed by atoms with van der Waals surface area (Å²) in [6, 6.07) is 11.6. The molecule has 0 spiro atoms. The summed E-state index contributed by atoms with van der Waals surface area (Å²) in [5, 5.41) is 10.3. The van der Waals surface area contributed by atoms with E-state index < -0.39 is 5.60 Å². The van der Waals surface area contributed by atoms with Gasteiger partial charge in [0.2, 0.25) is 0 Å². The molecule has 7 nitrogen and oxygen atoms in total. The van der Waals surface area contributed by atoms with Gasteiger partial charge in [-0.25, -0.2) is 9.78 Å². The predicted molar refractivity (Wildman–Crippen MR) is 135 cm³/mol. The first-order chi connectivity index (χ1) is 16.7. The number of benzene rings is 1. The van der Waals surface area contributed by atoms with Crippen molar-refractivity contribution in [1.29, 1.82) is 0 Å². The summed E-state index contributed by atoms with van der Waals surface area (Å²) in [6.45, 7) is 6.30. The topological polar surface area (TPSA) is 73.1 Å². The number of aromatic nitrogens is 4. The minimum absolute atomic E-state index is 0.267. The fourth-order valence-electron chi connectivity index (χ4n) is 5.05. The third-order valence-corrected chi connectivity index (χ3v) is 7.08.